The Morgan fingerprint density at radius 3 is 3.15 bits per heavy atom. The number of anilines is 1. The molecule has 1 atom stereocenters. The Kier molecular flexibility index (Phi) is 3.76. The normalized spacial score (nSPS) is 17.8. The van der Waals surface area contributed by atoms with Gasteiger partial charge in [0, 0.05) is 9.75 Å². The van der Waals surface area contributed by atoms with Gasteiger partial charge in [-0.3, -0.25) is 4.79 Å². The van der Waals surface area contributed by atoms with Crippen LogP contribution in [0.15, 0.2) is 11.4 Å². The molecular weight excluding hydrogens is 292 g/mol. The summed E-state index contributed by atoms with van der Waals surface area (Å²) >= 11 is 3.33. The molecule has 0 radical (unpaired) electrons. The molecule has 0 amide bonds. The molecule has 2 heterocycles. The first-order valence-corrected chi connectivity index (χ1v) is 8.34. The number of thiophene rings is 1. The van der Waals surface area contributed by atoms with Crippen molar-refractivity contribution in [2.24, 2.45) is 0 Å². The second kappa shape index (κ2) is 5.54. The summed E-state index contributed by atoms with van der Waals surface area (Å²) in [4.78, 5) is 18.2. The zero-order valence-corrected chi connectivity index (χ0v) is 12.8. The number of fused-ring (bicyclic) bond motifs is 1. The van der Waals surface area contributed by atoms with Gasteiger partial charge in [-0.15, -0.1) is 22.7 Å². The van der Waals surface area contributed by atoms with Crippen LogP contribution in [0.3, 0.4) is 0 Å². The first kappa shape index (κ1) is 13.6. The van der Waals surface area contributed by atoms with Crippen LogP contribution in [0.1, 0.15) is 39.8 Å². The molecule has 1 aliphatic rings. The third kappa shape index (κ3) is 2.58. The average molecular weight is 308 g/mol. The van der Waals surface area contributed by atoms with Gasteiger partial charge < -0.3 is 10.4 Å². The van der Waals surface area contributed by atoms with Crippen molar-refractivity contribution < 1.29 is 9.90 Å². The number of nitrogens with one attached hydrogen (secondary N) is 1. The topological polar surface area (TPSA) is 62.2 Å². The van der Waals surface area contributed by atoms with E-state index in [-0.39, 0.29) is 0 Å². The second-order valence-corrected chi connectivity index (χ2v) is 7.08. The number of hydrogen-bond donors (Lipinski definition) is 2. The van der Waals surface area contributed by atoms with Crippen molar-refractivity contribution in [3.05, 3.63) is 32.5 Å². The van der Waals surface area contributed by atoms with Gasteiger partial charge in [-0.1, -0.05) is 0 Å². The summed E-state index contributed by atoms with van der Waals surface area (Å²) in [5, 5.41) is 15.5. The van der Waals surface area contributed by atoms with Crippen molar-refractivity contribution in [2.45, 2.75) is 38.6 Å². The van der Waals surface area contributed by atoms with Gasteiger partial charge >= 0.3 is 5.97 Å². The predicted molar refractivity (Wildman–Crippen MR) is 81.8 cm³/mol. The molecule has 6 heteroatoms. The van der Waals surface area contributed by atoms with Crippen LogP contribution in [-0.4, -0.2) is 16.1 Å². The molecule has 2 aromatic heterocycles. The molecule has 0 bridgehead atoms. The molecule has 106 valence electrons. The van der Waals surface area contributed by atoms with E-state index in [1.54, 1.807) is 22.7 Å². The van der Waals surface area contributed by atoms with E-state index in [1.165, 1.54) is 10.4 Å². The highest BCUT2D eigenvalue weighted by Gasteiger charge is 2.29. The van der Waals surface area contributed by atoms with Crippen molar-refractivity contribution in [2.75, 3.05) is 5.32 Å². The Balaban J connectivity index is 1.76. The lowest BCUT2D eigenvalue weighted by Crippen LogP contribution is -2.17. The van der Waals surface area contributed by atoms with Gasteiger partial charge in [0.2, 0.25) is 0 Å². The number of aromatic nitrogens is 1. The highest BCUT2D eigenvalue weighted by atomic mass is 32.1. The quantitative estimate of drug-likeness (QED) is 0.905. The molecule has 4 nitrogen and oxygen atoms in total. The molecule has 0 aliphatic heterocycles. The van der Waals surface area contributed by atoms with E-state index in [2.05, 4.69) is 28.7 Å². The number of aryl methyl sites for hydroxylation is 2. The van der Waals surface area contributed by atoms with Crippen LogP contribution in [-0.2, 0) is 17.8 Å². The van der Waals surface area contributed by atoms with Crippen molar-refractivity contribution >= 4 is 33.8 Å². The molecule has 2 aromatic rings. The van der Waals surface area contributed by atoms with Crippen molar-refractivity contribution in [1.29, 1.82) is 0 Å². The van der Waals surface area contributed by atoms with Crippen LogP contribution in [0.5, 0.6) is 0 Å². The fourth-order valence-corrected chi connectivity index (χ4v) is 4.38. The molecule has 0 fully saturated rings. The van der Waals surface area contributed by atoms with Crippen LogP contribution < -0.4 is 5.32 Å². The Morgan fingerprint density at radius 1 is 1.60 bits per heavy atom. The van der Waals surface area contributed by atoms with E-state index in [9.17, 15) is 9.90 Å². The van der Waals surface area contributed by atoms with E-state index < -0.39 is 11.9 Å². The molecule has 0 aromatic carbocycles. The van der Waals surface area contributed by atoms with Gasteiger partial charge in [0.1, 0.15) is 5.92 Å². The number of hydrogen-bond acceptors (Lipinski definition) is 5. The summed E-state index contributed by atoms with van der Waals surface area (Å²) < 4.78 is 0. The molecular formula is C14H16N2O2S2. The van der Waals surface area contributed by atoms with Gasteiger partial charge in [-0.25, -0.2) is 4.98 Å². The molecule has 3 rings (SSSR count). The summed E-state index contributed by atoms with van der Waals surface area (Å²) in [6, 6.07) is 2.11. The lowest BCUT2D eigenvalue weighted by atomic mass is 9.91. The number of thiazole rings is 1. The van der Waals surface area contributed by atoms with Gasteiger partial charge in [-0.2, -0.15) is 0 Å². The Morgan fingerprint density at radius 2 is 2.45 bits per heavy atom. The summed E-state index contributed by atoms with van der Waals surface area (Å²) in [5.74, 6) is -1.18. The van der Waals surface area contributed by atoms with Gasteiger partial charge in [-0.05, 0) is 43.2 Å². The Labute approximate surface area is 125 Å². The number of carboxylic acid groups (broad SMARTS) is 1. The zero-order chi connectivity index (χ0) is 14.1. The van der Waals surface area contributed by atoms with Crippen LogP contribution in [0.25, 0.3) is 0 Å². The minimum atomic E-state index is -0.753. The van der Waals surface area contributed by atoms with Gasteiger partial charge in [0.15, 0.2) is 5.13 Å². The summed E-state index contributed by atoms with van der Waals surface area (Å²) in [5.41, 5.74) is 2.06. The minimum absolute atomic E-state index is 0.422. The molecule has 0 spiro atoms. The van der Waals surface area contributed by atoms with E-state index in [0.717, 1.165) is 35.1 Å². The van der Waals surface area contributed by atoms with Crippen molar-refractivity contribution in [3.63, 3.8) is 0 Å². The summed E-state index contributed by atoms with van der Waals surface area (Å²) in [6.45, 7) is 2.86. The van der Waals surface area contributed by atoms with E-state index >= 15 is 0 Å². The van der Waals surface area contributed by atoms with Crippen LogP contribution in [0.2, 0.25) is 0 Å². The van der Waals surface area contributed by atoms with Gasteiger partial charge in [0.25, 0.3) is 0 Å². The molecule has 1 unspecified atom stereocenters. The SMILES string of the molecule is Cc1ccsc1CNc1nc2c(s1)CCCC2C(=O)O. The third-order valence-electron chi connectivity index (χ3n) is 3.62. The number of carbonyl (C=O) groups is 1. The first-order chi connectivity index (χ1) is 9.65. The van der Waals surface area contributed by atoms with E-state index in [0.29, 0.717) is 6.42 Å². The summed E-state index contributed by atoms with van der Waals surface area (Å²) in [7, 11) is 0. The first-order valence-electron chi connectivity index (χ1n) is 6.64. The predicted octanol–water partition coefficient (Wildman–Crippen LogP) is 3.63. The Bertz CT molecular complexity index is 633. The number of carboxylic acids is 1. The smallest absolute Gasteiger partial charge is 0.312 e. The van der Waals surface area contributed by atoms with Gasteiger partial charge in [0.05, 0.1) is 12.2 Å². The maximum atomic E-state index is 11.3. The van der Waals surface area contributed by atoms with Crippen LogP contribution >= 0.6 is 22.7 Å². The van der Waals surface area contributed by atoms with E-state index in [1.807, 2.05) is 0 Å². The van der Waals surface area contributed by atoms with Crippen molar-refractivity contribution in [1.82, 2.24) is 4.98 Å². The fourth-order valence-electron chi connectivity index (χ4n) is 2.48. The average Bonchev–Trinajstić information content (AvgIpc) is 3.01. The maximum absolute atomic E-state index is 11.3. The fraction of sp³-hybridized carbons (Fsp3) is 0.429. The standard InChI is InChI=1S/C14H16N2O2S2/c1-8-5-6-19-11(8)7-15-14-16-12-9(13(17)18)3-2-4-10(12)20-14/h5-6,9H,2-4,7H2,1H3,(H,15,16)(H,17,18). The minimum Gasteiger partial charge on any atom is -0.481 e. The van der Waals surface area contributed by atoms with Crippen LogP contribution in [0.4, 0.5) is 5.13 Å². The largest absolute Gasteiger partial charge is 0.481 e. The number of aliphatic carboxylic acids is 1. The molecule has 2 N–H and O–H groups in total. The maximum Gasteiger partial charge on any atom is 0.312 e. The Hall–Kier alpha value is -1.40. The highest BCUT2D eigenvalue weighted by Crippen LogP contribution is 2.37. The lowest BCUT2D eigenvalue weighted by molar-refractivity contribution is -0.139. The highest BCUT2D eigenvalue weighted by molar-refractivity contribution is 7.15. The molecule has 0 saturated heterocycles. The molecule has 20 heavy (non-hydrogen) atoms. The van der Waals surface area contributed by atoms with Crippen LogP contribution in [0, 0.1) is 6.92 Å². The monoisotopic (exact) mass is 308 g/mol. The van der Waals surface area contributed by atoms with E-state index in [4.69, 9.17) is 0 Å². The molecule has 1 aliphatic carbocycles. The zero-order valence-electron chi connectivity index (χ0n) is 11.2. The number of nitrogens with zero attached hydrogens (tertiary/aromatic N) is 1. The molecule has 0 saturated carbocycles. The summed E-state index contributed by atoms with van der Waals surface area (Å²) in [6.07, 6.45) is 2.60. The number of rotatable bonds is 4. The van der Waals surface area contributed by atoms with Crippen molar-refractivity contribution in [3.8, 4) is 0 Å². The second-order valence-electron chi connectivity index (χ2n) is 4.99. The lowest BCUT2D eigenvalue weighted by Gasteiger charge is -2.16. The third-order valence-corrected chi connectivity index (χ3v) is 5.73.